The quantitative estimate of drug-likeness (QED) is 0.567. The lowest BCUT2D eigenvalue weighted by Gasteiger charge is -2.27. The number of aliphatic carboxylic acids is 1. The van der Waals surface area contributed by atoms with E-state index in [0.717, 1.165) is 37.7 Å². The first kappa shape index (κ1) is 16.3. The number of carbonyl (C=O) groups is 2. The van der Waals surface area contributed by atoms with E-state index in [1.807, 2.05) is 11.1 Å². The third kappa shape index (κ3) is 2.95. The van der Waals surface area contributed by atoms with Crippen molar-refractivity contribution in [2.75, 3.05) is 13.1 Å². The number of aromatic nitrogens is 2. The number of pyridine rings is 1. The second kappa shape index (κ2) is 6.64. The van der Waals surface area contributed by atoms with Crippen molar-refractivity contribution in [1.29, 1.82) is 0 Å². The number of nitrogens with zero attached hydrogens (tertiary/aromatic N) is 2. The van der Waals surface area contributed by atoms with E-state index in [2.05, 4.69) is 15.4 Å². The van der Waals surface area contributed by atoms with Gasteiger partial charge in [0.15, 0.2) is 11.3 Å². The van der Waals surface area contributed by atoms with Gasteiger partial charge in [0, 0.05) is 36.4 Å². The average molecular weight is 354 g/mol. The molecule has 2 aliphatic heterocycles. The third-order valence-electron chi connectivity index (χ3n) is 4.49. The molecule has 8 nitrogen and oxygen atoms in total. The molecule has 1 saturated heterocycles. The van der Waals surface area contributed by atoms with Crippen LogP contribution in [0.25, 0.3) is 17.1 Å². The number of allylic oxidation sites excluding steroid dienone is 1. The summed E-state index contributed by atoms with van der Waals surface area (Å²) in [6, 6.07) is 3.66. The zero-order valence-electron chi connectivity index (χ0n) is 14.0. The Bertz CT molecular complexity index is 938. The van der Waals surface area contributed by atoms with Crippen LogP contribution in [0.15, 0.2) is 41.7 Å². The van der Waals surface area contributed by atoms with Crippen molar-refractivity contribution in [3.63, 3.8) is 0 Å². The fraction of sp³-hybridized carbons (Fsp3) is 0.278. The number of carboxylic acids is 1. The van der Waals surface area contributed by atoms with Crippen molar-refractivity contribution >= 4 is 28.9 Å². The van der Waals surface area contributed by atoms with Crippen molar-refractivity contribution in [2.45, 2.75) is 19.3 Å². The standard InChI is InChI=1S/C18H18N4O4/c23-15-13(9-11-10-20-16-12(11)5-4-6-19-16)26-17(14(15)18(24)25)21-22-7-2-1-3-8-22/h4-6,9-10,21H,1-3,7-8H2,(H,19,20)(H,24,25). The molecule has 2 aromatic heterocycles. The Morgan fingerprint density at radius 1 is 1.35 bits per heavy atom. The molecule has 4 heterocycles. The molecule has 8 heteroatoms. The van der Waals surface area contributed by atoms with Crippen LogP contribution in [0.5, 0.6) is 0 Å². The number of carbonyl (C=O) groups excluding carboxylic acids is 1. The highest BCUT2D eigenvalue weighted by molar-refractivity contribution is 6.26. The van der Waals surface area contributed by atoms with Gasteiger partial charge in [-0.05, 0) is 31.1 Å². The molecule has 0 saturated carbocycles. The van der Waals surface area contributed by atoms with E-state index in [-0.39, 0.29) is 17.2 Å². The van der Waals surface area contributed by atoms with Gasteiger partial charge in [-0.25, -0.2) is 14.8 Å². The molecule has 0 spiro atoms. The monoisotopic (exact) mass is 354 g/mol. The Kier molecular flexibility index (Phi) is 4.18. The van der Waals surface area contributed by atoms with Gasteiger partial charge in [-0.15, -0.1) is 0 Å². The SMILES string of the molecule is O=C(O)C1=C(NN2CCCCC2)OC(=Cc2c[nH]c3ncccc23)C1=O. The smallest absolute Gasteiger partial charge is 0.345 e. The van der Waals surface area contributed by atoms with Crippen LogP contribution in [0.3, 0.4) is 0 Å². The summed E-state index contributed by atoms with van der Waals surface area (Å²) in [5.74, 6) is -1.99. The number of hydrogen-bond acceptors (Lipinski definition) is 6. The minimum atomic E-state index is -1.31. The predicted molar refractivity (Wildman–Crippen MR) is 93.4 cm³/mol. The summed E-state index contributed by atoms with van der Waals surface area (Å²) in [6.45, 7) is 1.56. The van der Waals surface area contributed by atoms with Crippen LogP contribution >= 0.6 is 0 Å². The highest BCUT2D eigenvalue weighted by Gasteiger charge is 2.36. The van der Waals surface area contributed by atoms with E-state index >= 15 is 0 Å². The van der Waals surface area contributed by atoms with Gasteiger partial charge in [0.05, 0.1) is 0 Å². The number of aromatic amines is 1. The van der Waals surface area contributed by atoms with E-state index < -0.39 is 11.8 Å². The molecule has 26 heavy (non-hydrogen) atoms. The highest BCUT2D eigenvalue weighted by Crippen LogP contribution is 2.28. The molecule has 2 aromatic rings. The summed E-state index contributed by atoms with van der Waals surface area (Å²) in [7, 11) is 0. The average Bonchev–Trinajstić information content (AvgIpc) is 3.18. The van der Waals surface area contributed by atoms with Crippen LogP contribution in [0.2, 0.25) is 0 Å². The summed E-state index contributed by atoms with van der Waals surface area (Å²) < 4.78 is 5.60. The maximum atomic E-state index is 12.5. The molecule has 3 N–H and O–H groups in total. The Labute approximate surface area is 149 Å². The van der Waals surface area contributed by atoms with Gasteiger partial charge < -0.3 is 14.8 Å². The largest absolute Gasteiger partial charge is 0.477 e. The molecule has 0 radical (unpaired) electrons. The van der Waals surface area contributed by atoms with Gasteiger partial charge in [0.2, 0.25) is 11.7 Å². The number of rotatable bonds is 4. The molecule has 1 fully saturated rings. The van der Waals surface area contributed by atoms with Crippen molar-refractivity contribution in [1.82, 2.24) is 20.4 Å². The molecular weight excluding hydrogens is 336 g/mol. The Hall–Kier alpha value is -3.13. The van der Waals surface area contributed by atoms with E-state index in [4.69, 9.17) is 4.74 Å². The summed E-state index contributed by atoms with van der Waals surface area (Å²) in [6.07, 6.45) is 8.08. The molecule has 0 bridgehead atoms. The summed E-state index contributed by atoms with van der Waals surface area (Å²) in [5.41, 5.74) is 3.97. The molecule has 0 aromatic carbocycles. The Morgan fingerprint density at radius 3 is 2.92 bits per heavy atom. The number of Topliss-reactive ketones (excluding diaryl/α,β-unsaturated/α-hetero) is 1. The number of fused-ring (bicyclic) bond motifs is 1. The third-order valence-corrected chi connectivity index (χ3v) is 4.49. The van der Waals surface area contributed by atoms with Crippen LogP contribution in [-0.4, -0.2) is 44.9 Å². The van der Waals surface area contributed by atoms with Gasteiger partial charge in [-0.3, -0.25) is 10.2 Å². The first-order chi connectivity index (χ1) is 12.6. The van der Waals surface area contributed by atoms with Crippen molar-refractivity contribution in [2.24, 2.45) is 0 Å². The number of ketones is 1. The number of hydrazine groups is 1. The van der Waals surface area contributed by atoms with E-state index in [1.165, 1.54) is 6.08 Å². The lowest BCUT2D eigenvalue weighted by atomic mass is 10.1. The van der Waals surface area contributed by atoms with Crippen molar-refractivity contribution in [3.05, 3.63) is 47.3 Å². The van der Waals surface area contributed by atoms with Gasteiger partial charge in [0.1, 0.15) is 5.65 Å². The predicted octanol–water partition coefficient (Wildman–Crippen LogP) is 1.79. The maximum Gasteiger partial charge on any atom is 0.345 e. The van der Waals surface area contributed by atoms with Crippen LogP contribution in [0, 0.1) is 0 Å². The normalized spacial score (nSPS) is 20.0. The van der Waals surface area contributed by atoms with Crippen molar-refractivity contribution in [3.8, 4) is 0 Å². The lowest BCUT2D eigenvalue weighted by Crippen LogP contribution is -2.41. The zero-order valence-corrected chi connectivity index (χ0v) is 14.0. The second-order valence-electron chi connectivity index (χ2n) is 6.25. The Balaban J connectivity index is 1.63. The second-order valence-corrected chi connectivity index (χ2v) is 6.25. The minimum absolute atomic E-state index is 0.0198. The first-order valence-electron chi connectivity index (χ1n) is 8.49. The van der Waals surface area contributed by atoms with E-state index in [1.54, 1.807) is 18.5 Å². The lowest BCUT2D eigenvalue weighted by molar-refractivity contribution is -0.134. The van der Waals surface area contributed by atoms with E-state index in [0.29, 0.717) is 11.2 Å². The summed E-state index contributed by atoms with van der Waals surface area (Å²) >= 11 is 0. The highest BCUT2D eigenvalue weighted by atomic mass is 16.5. The zero-order chi connectivity index (χ0) is 18.1. The van der Waals surface area contributed by atoms with E-state index in [9.17, 15) is 14.7 Å². The maximum absolute atomic E-state index is 12.5. The molecule has 0 unspecified atom stereocenters. The molecule has 2 aliphatic rings. The summed E-state index contributed by atoms with van der Waals surface area (Å²) in [5, 5.41) is 12.1. The van der Waals surface area contributed by atoms with Crippen molar-refractivity contribution < 1.29 is 19.4 Å². The molecular formula is C18H18N4O4. The van der Waals surface area contributed by atoms with Gasteiger partial charge in [0.25, 0.3) is 0 Å². The number of nitrogens with one attached hydrogen (secondary N) is 2. The molecule has 4 rings (SSSR count). The molecule has 134 valence electrons. The minimum Gasteiger partial charge on any atom is -0.477 e. The number of ether oxygens (including phenoxy) is 1. The van der Waals surface area contributed by atoms with Gasteiger partial charge in [-0.1, -0.05) is 6.42 Å². The van der Waals surface area contributed by atoms with Gasteiger partial charge in [-0.2, -0.15) is 0 Å². The van der Waals surface area contributed by atoms with Crippen LogP contribution in [-0.2, 0) is 14.3 Å². The fourth-order valence-corrected chi connectivity index (χ4v) is 3.19. The van der Waals surface area contributed by atoms with Crippen LogP contribution in [0.1, 0.15) is 24.8 Å². The molecule has 0 atom stereocenters. The van der Waals surface area contributed by atoms with Crippen LogP contribution < -0.4 is 5.43 Å². The fourth-order valence-electron chi connectivity index (χ4n) is 3.19. The Morgan fingerprint density at radius 2 is 2.15 bits per heavy atom. The molecule has 0 amide bonds. The number of piperidine rings is 1. The summed E-state index contributed by atoms with van der Waals surface area (Å²) in [4.78, 5) is 31.3. The van der Waals surface area contributed by atoms with Crippen LogP contribution in [0.4, 0.5) is 0 Å². The number of H-pyrrole nitrogens is 1. The molecule has 0 aliphatic carbocycles. The topological polar surface area (TPSA) is 108 Å². The first-order valence-corrected chi connectivity index (χ1v) is 8.49. The van der Waals surface area contributed by atoms with Gasteiger partial charge >= 0.3 is 5.97 Å². The number of hydrogen-bond donors (Lipinski definition) is 3. The number of carboxylic acid groups (broad SMARTS) is 1.